The van der Waals surface area contributed by atoms with Crippen molar-refractivity contribution in [2.24, 2.45) is 7.05 Å². The molecule has 0 spiro atoms. The van der Waals surface area contributed by atoms with Crippen LogP contribution in [-0.2, 0) is 27.4 Å². The number of sulfone groups is 1. The highest BCUT2D eigenvalue weighted by Crippen LogP contribution is 2.32. The second-order valence-corrected chi connectivity index (χ2v) is 12.6. The van der Waals surface area contributed by atoms with Crippen LogP contribution in [0.25, 0.3) is 11.3 Å². The van der Waals surface area contributed by atoms with Gasteiger partial charge in [0.15, 0.2) is 15.6 Å². The number of hydrogen-bond donors (Lipinski definition) is 1. The van der Waals surface area contributed by atoms with Crippen molar-refractivity contribution >= 4 is 21.7 Å². The number of nitrogens with one attached hydrogen (secondary N) is 1. The third kappa shape index (κ3) is 7.38. The summed E-state index contributed by atoms with van der Waals surface area (Å²) in [5, 5.41) is 6.94. The van der Waals surface area contributed by atoms with E-state index in [-0.39, 0.29) is 39.3 Å². The van der Waals surface area contributed by atoms with E-state index in [2.05, 4.69) is 10.4 Å². The van der Waals surface area contributed by atoms with Gasteiger partial charge in [0, 0.05) is 46.7 Å². The van der Waals surface area contributed by atoms with Crippen molar-refractivity contribution < 1.29 is 31.5 Å². The van der Waals surface area contributed by atoms with Gasteiger partial charge < -0.3 is 10.1 Å². The van der Waals surface area contributed by atoms with E-state index in [1.807, 2.05) is 0 Å². The first-order valence-corrected chi connectivity index (χ1v) is 14.2. The van der Waals surface area contributed by atoms with Crippen LogP contribution in [-0.4, -0.2) is 41.4 Å². The van der Waals surface area contributed by atoms with Crippen LogP contribution in [0.2, 0.25) is 0 Å². The molecule has 0 aliphatic heterocycles. The van der Waals surface area contributed by atoms with Gasteiger partial charge in [-0.2, -0.15) is 5.10 Å². The molecule has 1 aromatic heterocycles. The summed E-state index contributed by atoms with van der Waals surface area (Å²) < 4.78 is 59.8. The minimum atomic E-state index is -3.67. The number of aromatic nitrogens is 2. The fourth-order valence-corrected chi connectivity index (χ4v) is 4.76. The van der Waals surface area contributed by atoms with Crippen molar-refractivity contribution in [3.63, 3.8) is 0 Å². The first-order valence-electron chi connectivity index (χ1n) is 12.4. The topological polar surface area (TPSA) is 124 Å². The van der Waals surface area contributed by atoms with Crippen LogP contribution < -0.4 is 10.9 Å². The fourth-order valence-electron chi connectivity index (χ4n) is 3.86. The molecule has 1 amide bonds. The van der Waals surface area contributed by atoms with Gasteiger partial charge in [0.05, 0.1) is 17.5 Å². The molecular formula is C28H31F2N3O6S. The predicted octanol–water partition coefficient (Wildman–Crippen LogP) is 4.48. The molecule has 0 aliphatic rings. The molecule has 1 N–H and O–H groups in total. The summed E-state index contributed by atoms with van der Waals surface area (Å²) >= 11 is 0. The van der Waals surface area contributed by atoms with Gasteiger partial charge in [-0.1, -0.05) is 6.92 Å². The van der Waals surface area contributed by atoms with E-state index < -0.39 is 56.3 Å². The predicted molar refractivity (Wildman–Crippen MR) is 146 cm³/mol. The smallest absolute Gasteiger partial charge is 0.408 e. The molecule has 0 fully saturated rings. The zero-order chi connectivity index (χ0) is 30.0. The monoisotopic (exact) mass is 575 g/mol. The van der Waals surface area contributed by atoms with Gasteiger partial charge in [0.2, 0.25) is 0 Å². The summed E-state index contributed by atoms with van der Waals surface area (Å²) in [5.41, 5.74) is -1.45. The van der Waals surface area contributed by atoms with Crippen LogP contribution >= 0.6 is 0 Å². The Morgan fingerprint density at radius 3 is 2.30 bits per heavy atom. The molecule has 3 aromatic rings. The summed E-state index contributed by atoms with van der Waals surface area (Å²) in [5.74, 6) is -3.07. The third-order valence-electron chi connectivity index (χ3n) is 5.93. The van der Waals surface area contributed by atoms with Crippen LogP contribution in [0.3, 0.4) is 0 Å². The summed E-state index contributed by atoms with van der Waals surface area (Å²) in [6.07, 6.45) is -0.775. The number of halogens is 2. The number of benzene rings is 2. The second-order valence-electron chi connectivity index (χ2n) is 10.3. The second kappa shape index (κ2) is 11.7. The highest BCUT2D eigenvalue weighted by molar-refractivity contribution is 7.90. The first kappa shape index (κ1) is 30.6. The SMILES string of the molecule is CCS(=O)(=O)Cc1cc(-c2nn(C)c(=O)cc2C(C)NC(=O)OC(C)(C)C)c(C(=O)c2ccc(F)cc2)cc1F. The molecule has 40 heavy (non-hydrogen) atoms. The fraction of sp³-hybridized carbons (Fsp3) is 0.357. The molecule has 0 saturated carbocycles. The number of nitrogens with zero attached hydrogens (tertiary/aromatic N) is 2. The van der Waals surface area contributed by atoms with Crippen molar-refractivity contribution in [3.05, 3.63) is 86.7 Å². The van der Waals surface area contributed by atoms with E-state index >= 15 is 4.39 Å². The van der Waals surface area contributed by atoms with Crippen LogP contribution in [0.1, 0.15) is 67.7 Å². The van der Waals surface area contributed by atoms with Crippen LogP contribution in [0.15, 0.2) is 47.3 Å². The number of carbonyl (C=O) groups excluding carboxylic acids is 2. The van der Waals surface area contributed by atoms with E-state index in [0.29, 0.717) is 0 Å². The number of aryl methyl sites for hydroxylation is 1. The molecule has 3 rings (SSSR count). The van der Waals surface area contributed by atoms with E-state index in [9.17, 15) is 27.2 Å². The maximum atomic E-state index is 15.3. The molecule has 0 radical (unpaired) electrons. The Morgan fingerprint density at radius 1 is 1.10 bits per heavy atom. The number of ketones is 1. The lowest BCUT2D eigenvalue weighted by atomic mass is 9.91. The molecule has 1 heterocycles. The van der Waals surface area contributed by atoms with E-state index in [1.54, 1.807) is 27.7 Å². The number of alkyl carbamates (subject to hydrolysis) is 1. The number of ether oxygens (including phenoxy) is 1. The third-order valence-corrected chi connectivity index (χ3v) is 7.56. The van der Waals surface area contributed by atoms with Crippen LogP contribution in [0.4, 0.5) is 13.6 Å². The van der Waals surface area contributed by atoms with Gasteiger partial charge in [-0.3, -0.25) is 9.59 Å². The lowest BCUT2D eigenvalue weighted by Crippen LogP contribution is -2.35. The number of amides is 1. The lowest BCUT2D eigenvalue weighted by molar-refractivity contribution is 0.0507. The molecule has 1 unspecified atom stereocenters. The molecule has 9 nitrogen and oxygen atoms in total. The van der Waals surface area contributed by atoms with Crippen molar-refractivity contribution in [3.8, 4) is 11.3 Å². The van der Waals surface area contributed by atoms with Crippen LogP contribution in [0, 0.1) is 11.6 Å². The molecule has 214 valence electrons. The standard InChI is InChI=1S/C28H31F2N3O6S/c1-7-40(37,38)15-18-12-21(22(13-23(18)30)26(35)17-8-10-19(29)11-9-17)25-20(14-24(34)33(6)32-25)16(2)31-27(36)39-28(3,4)5/h8-14,16H,7,15H2,1-6H3,(H,31,36). The van der Waals surface area contributed by atoms with Crippen molar-refractivity contribution in [2.75, 3.05) is 5.75 Å². The molecule has 0 bridgehead atoms. The zero-order valence-electron chi connectivity index (χ0n) is 23.0. The maximum absolute atomic E-state index is 15.3. The van der Waals surface area contributed by atoms with Gasteiger partial charge in [0.1, 0.15) is 17.2 Å². The summed E-state index contributed by atoms with van der Waals surface area (Å²) in [7, 11) is -2.30. The lowest BCUT2D eigenvalue weighted by Gasteiger charge is -2.23. The Labute approximate surface area is 231 Å². The largest absolute Gasteiger partial charge is 0.444 e. The van der Waals surface area contributed by atoms with E-state index in [1.165, 1.54) is 38.2 Å². The Hall–Kier alpha value is -3.93. The zero-order valence-corrected chi connectivity index (χ0v) is 23.9. The Kier molecular flexibility index (Phi) is 8.93. The van der Waals surface area contributed by atoms with Gasteiger partial charge in [-0.25, -0.2) is 26.7 Å². The van der Waals surface area contributed by atoms with Gasteiger partial charge in [0.25, 0.3) is 5.56 Å². The maximum Gasteiger partial charge on any atom is 0.408 e. The van der Waals surface area contributed by atoms with E-state index in [4.69, 9.17) is 4.74 Å². The normalized spacial score (nSPS) is 12.6. The number of hydrogen-bond acceptors (Lipinski definition) is 7. The Morgan fingerprint density at radius 2 is 1.73 bits per heavy atom. The highest BCUT2D eigenvalue weighted by Gasteiger charge is 2.27. The minimum absolute atomic E-state index is 0.0282. The van der Waals surface area contributed by atoms with Gasteiger partial charge >= 0.3 is 6.09 Å². The molecule has 12 heteroatoms. The van der Waals surface area contributed by atoms with Crippen molar-refractivity contribution in [1.29, 1.82) is 0 Å². The average molecular weight is 576 g/mol. The van der Waals surface area contributed by atoms with Crippen LogP contribution in [0.5, 0.6) is 0 Å². The number of rotatable bonds is 8. The average Bonchev–Trinajstić information content (AvgIpc) is 2.85. The summed E-state index contributed by atoms with van der Waals surface area (Å²) in [6.45, 7) is 8.04. The highest BCUT2D eigenvalue weighted by atomic mass is 32.2. The molecule has 0 aliphatic carbocycles. The number of carbonyl (C=O) groups is 2. The summed E-state index contributed by atoms with van der Waals surface area (Å²) in [6, 6.07) is 7.07. The Bertz CT molecular complexity index is 1610. The van der Waals surface area contributed by atoms with E-state index in [0.717, 1.165) is 22.9 Å². The van der Waals surface area contributed by atoms with Crippen molar-refractivity contribution in [2.45, 2.75) is 52.0 Å². The molecule has 2 aromatic carbocycles. The Balaban J connectivity index is 2.28. The minimum Gasteiger partial charge on any atom is -0.444 e. The van der Waals surface area contributed by atoms with Crippen molar-refractivity contribution in [1.82, 2.24) is 15.1 Å². The molecule has 0 saturated heterocycles. The van der Waals surface area contributed by atoms with Gasteiger partial charge in [-0.05, 0) is 64.1 Å². The van der Waals surface area contributed by atoms with Gasteiger partial charge in [-0.15, -0.1) is 0 Å². The quantitative estimate of drug-likeness (QED) is 0.393. The first-order chi connectivity index (χ1) is 18.5. The summed E-state index contributed by atoms with van der Waals surface area (Å²) in [4.78, 5) is 38.6. The molecule has 1 atom stereocenters. The molecular weight excluding hydrogens is 544 g/mol.